The molecule has 11 heteroatoms. The highest BCUT2D eigenvalue weighted by Crippen LogP contribution is 2.43. The van der Waals surface area contributed by atoms with Crippen molar-refractivity contribution in [3.63, 3.8) is 0 Å². The fraction of sp³-hybridized carbons (Fsp3) is 0.269. The zero-order chi connectivity index (χ0) is 27.5. The number of alkyl halides is 3. The number of benzene rings is 2. The first kappa shape index (κ1) is 27.0. The lowest BCUT2D eigenvalue weighted by atomic mass is 9.75. The van der Waals surface area contributed by atoms with Gasteiger partial charge in [0.1, 0.15) is 12.0 Å². The van der Waals surface area contributed by atoms with Gasteiger partial charge in [-0.3, -0.25) is 19.3 Å². The van der Waals surface area contributed by atoms with Gasteiger partial charge in [-0.25, -0.2) is 0 Å². The largest absolute Gasteiger partial charge is 0.416 e. The van der Waals surface area contributed by atoms with E-state index in [4.69, 9.17) is 5.26 Å². The zero-order valence-electron chi connectivity index (χ0n) is 20.1. The number of nitrogens with one attached hydrogen (secondary N) is 2. The Balaban J connectivity index is 2.21. The Labute approximate surface area is 211 Å². The lowest BCUT2D eigenvalue weighted by molar-refractivity contribution is -0.138. The Kier molecular flexibility index (Phi) is 7.68. The molecule has 3 rings (SSSR count). The molecule has 1 heterocycles. The molecule has 1 aliphatic heterocycles. The predicted molar refractivity (Wildman–Crippen MR) is 126 cm³/mol. The number of halogens is 3. The van der Waals surface area contributed by atoms with Gasteiger partial charge in [-0.15, -0.1) is 0 Å². The first-order valence-corrected chi connectivity index (χ1v) is 11.1. The van der Waals surface area contributed by atoms with Crippen LogP contribution in [0.3, 0.4) is 0 Å². The molecule has 3 atom stereocenters. The zero-order valence-corrected chi connectivity index (χ0v) is 20.1. The van der Waals surface area contributed by atoms with Gasteiger partial charge in [0.2, 0.25) is 17.7 Å². The molecule has 0 fully saturated rings. The van der Waals surface area contributed by atoms with Crippen LogP contribution in [0.4, 0.5) is 18.9 Å². The highest BCUT2D eigenvalue weighted by atomic mass is 19.4. The maximum Gasteiger partial charge on any atom is 0.416 e. The van der Waals surface area contributed by atoms with E-state index in [1.807, 2.05) is 12.1 Å². The van der Waals surface area contributed by atoms with Crippen molar-refractivity contribution in [1.82, 2.24) is 10.6 Å². The summed E-state index contributed by atoms with van der Waals surface area (Å²) >= 11 is 0. The molecule has 190 valence electrons. The Morgan fingerprint density at radius 2 is 1.73 bits per heavy atom. The summed E-state index contributed by atoms with van der Waals surface area (Å²) in [5.41, 5.74) is -0.447. The van der Waals surface area contributed by atoms with E-state index in [0.717, 1.165) is 23.1 Å². The van der Waals surface area contributed by atoms with Crippen molar-refractivity contribution < 1.29 is 27.6 Å². The van der Waals surface area contributed by atoms with E-state index in [0.29, 0.717) is 11.1 Å². The van der Waals surface area contributed by atoms with Crippen molar-refractivity contribution in [3.8, 4) is 12.1 Å². The van der Waals surface area contributed by atoms with Crippen molar-refractivity contribution in [2.75, 3.05) is 11.9 Å². The van der Waals surface area contributed by atoms with Gasteiger partial charge in [0.15, 0.2) is 0 Å². The summed E-state index contributed by atoms with van der Waals surface area (Å²) in [4.78, 5) is 40.2. The Hall–Kier alpha value is -4.64. The molecule has 0 spiro atoms. The fourth-order valence-corrected chi connectivity index (χ4v) is 4.22. The van der Waals surface area contributed by atoms with Crippen LogP contribution in [0.5, 0.6) is 0 Å². The first-order chi connectivity index (χ1) is 17.4. The number of likely N-dealkylation sites (N-methyl/N-ethyl adjacent to an activating group) is 1. The summed E-state index contributed by atoms with van der Waals surface area (Å²) in [6.45, 7) is 2.81. The number of carbonyl (C=O) groups excluding carboxylic acids is 3. The molecule has 0 aliphatic carbocycles. The van der Waals surface area contributed by atoms with Crippen LogP contribution in [0.25, 0.3) is 0 Å². The van der Waals surface area contributed by atoms with E-state index in [9.17, 15) is 32.8 Å². The van der Waals surface area contributed by atoms with E-state index < -0.39 is 47.3 Å². The Morgan fingerprint density at radius 3 is 2.27 bits per heavy atom. The Morgan fingerprint density at radius 1 is 1.08 bits per heavy atom. The van der Waals surface area contributed by atoms with Gasteiger partial charge in [0.05, 0.1) is 28.8 Å². The van der Waals surface area contributed by atoms with Crippen molar-refractivity contribution in [2.45, 2.75) is 32.0 Å². The van der Waals surface area contributed by atoms with Gasteiger partial charge >= 0.3 is 6.18 Å². The number of nitriles is 2. The Bertz CT molecular complexity index is 1350. The molecule has 0 aromatic heterocycles. The van der Waals surface area contributed by atoms with Crippen LogP contribution in [-0.4, -0.2) is 30.8 Å². The number of amides is 3. The highest BCUT2D eigenvalue weighted by molar-refractivity contribution is 6.12. The average molecular weight is 509 g/mol. The second-order valence-corrected chi connectivity index (χ2v) is 8.37. The van der Waals surface area contributed by atoms with E-state index in [2.05, 4.69) is 10.6 Å². The minimum Gasteiger partial charge on any atom is -0.357 e. The molecule has 0 saturated carbocycles. The number of allylic oxidation sites excluding steroid dienone is 2. The van der Waals surface area contributed by atoms with Gasteiger partial charge in [-0.1, -0.05) is 18.2 Å². The summed E-state index contributed by atoms with van der Waals surface area (Å²) in [5, 5.41) is 24.0. The number of hydrogen-bond donors (Lipinski definition) is 2. The SMILES string of the molecule is CNC(=O)[C@H](C)NC(=O)C1C(=O)N(c2cccc(C(F)(F)F)c2)C(C)=C(C#N)C1c1ccc(C#N)cc1. The standard InChI is InChI=1S/C26H22F3N5O3/c1-14(23(35)32-3)33-24(36)22-21(17-9-7-16(12-30)8-10-17)20(13-31)15(2)34(25(22)37)19-6-4-5-18(11-19)26(27,28)29/h4-11,14,21-22H,1-3H3,(H,32,35)(H,33,36)/t14-,21?,22?/m0/s1. The minimum atomic E-state index is -4.69. The van der Waals surface area contributed by atoms with Gasteiger partial charge in [-0.2, -0.15) is 23.7 Å². The van der Waals surface area contributed by atoms with Gasteiger partial charge in [0.25, 0.3) is 0 Å². The topological polar surface area (TPSA) is 126 Å². The van der Waals surface area contributed by atoms with Gasteiger partial charge in [0, 0.05) is 24.4 Å². The van der Waals surface area contributed by atoms with Crippen molar-refractivity contribution >= 4 is 23.4 Å². The molecule has 2 aromatic rings. The van der Waals surface area contributed by atoms with Crippen LogP contribution in [-0.2, 0) is 20.6 Å². The van der Waals surface area contributed by atoms with Crippen LogP contribution < -0.4 is 15.5 Å². The summed E-state index contributed by atoms with van der Waals surface area (Å²) in [6.07, 6.45) is -4.69. The van der Waals surface area contributed by atoms with Crippen molar-refractivity contribution in [3.05, 3.63) is 76.5 Å². The van der Waals surface area contributed by atoms with E-state index in [1.54, 1.807) is 0 Å². The number of nitrogens with zero attached hydrogens (tertiary/aromatic N) is 3. The number of anilines is 1. The molecular weight excluding hydrogens is 487 g/mol. The maximum absolute atomic E-state index is 13.8. The van der Waals surface area contributed by atoms with Crippen LogP contribution in [0, 0.1) is 28.6 Å². The van der Waals surface area contributed by atoms with Crippen LogP contribution in [0.1, 0.15) is 36.5 Å². The summed E-state index contributed by atoms with van der Waals surface area (Å²) in [6, 6.07) is 12.9. The van der Waals surface area contributed by atoms with Gasteiger partial charge in [-0.05, 0) is 49.7 Å². The highest BCUT2D eigenvalue weighted by Gasteiger charge is 2.47. The number of hydrogen-bond acceptors (Lipinski definition) is 5. The molecule has 2 aromatic carbocycles. The molecule has 0 bridgehead atoms. The van der Waals surface area contributed by atoms with E-state index >= 15 is 0 Å². The molecule has 0 saturated heterocycles. The average Bonchev–Trinajstić information content (AvgIpc) is 2.87. The first-order valence-electron chi connectivity index (χ1n) is 11.1. The molecular formula is C26H22F3N5O3. The second kappa shape index (κ2) is 10.5. The number of rotatable bonds is 5. The second-order valence-electron chi connectivity index (χ2n) is 8.37. The summed E-state index contributed by atoms with van der Waals surface area (Å²) in [7, 11) is 1.37. The van der Waals surface area contributed by atoms with Crippen LogP contribution >= 0.6 is 0 Å². The normalized spacial score (nSPS) is 18.5. The third-order valence-corrected chi connectivity index (χ3v) is 6.09. The van der Waals surface area contributed by atoms with Crippen molar-refractivity contribution in [1.29, 1.82) is 10.5 Å². The minimum absolute atomic E-state index is 0.0190. The summed E-state index contributed by atoms with van der Waals surface area (Å²) in [5.74, 6) is -4.98. The molecule has 1 aliphatic rings. The smallest absolute Gasteiger partial charge is 0.357 e. The molecule has 2 unspecified atom stereocenters. The monoisotopic (exact) mass is 509 g/mol. The quantitative estimate of drug-likeness (QED) is 0.598. The lowest BCUT2D eigenvalue weighted by Crippen LogP contribution is -2.53. The van der Waals surface area contributed by atoms with E-state index in [-0.39, 0.29) is 17.0 Å². The van der Waals surface area contributed by atoms with Crippen LogP contribution in [0.2, 0.25) is 0 Å². The lowest BCUT2D eigenvalue weighted by Gasteiger charge is -2.38. The van der Waals surface area contributed by atoms with Crippen molar-refractivity contribution in [2.24, 2.45) is 5.92 Å². The third-order valence-electron chi connectivity index (χ3n) is 6.09. The van der Waals surface area contributed by atoms with E-state index in [1.165, 1.54) is 51.2 Å². The van der Waals surface area contributed by atoms with Crippen LogP contribution in [0.15, 0.2) is 59.8 Å². The molecule has 0 radical (unpaired) electrons. The molecule has 37 heavy (non-hydrogen) atoms. The molecule has 3 amide bonds. The fourth-order valence-electron chi connectivity index (χ4n) is 4.22. The number of carbonyl (C=O) groups is 3. The molecule has 8 nitrogen and oxygen atoms in total. The summed E-state index contributed by atoms with van der Waals surface area (Å²) < 4.78 is 40.1. The van der Waals surface area contributed by atoms with Gasteiger partial charge < -0.3 is 10.6 Å². The predicted octanol–water partition coefficient (Wildman–Crippen LogP) is 3.37. The maximum atomic E-state index is 13.8. The molecule has 2 N–H and O–H groups in total. The third kappa shape index (κ3) is 5.31.